The molecule has 0 saturated heterocycles. The minimum atomic E-state index is -0.955. The molecule has 0 radical (unpaired) electrons. The second-order valence-electron chi connectivity index (χ2n) is 7.28. The minimum absolute atomic E-state index is 0.240. The van der Waals surface area contributed by atoms with E-state index < -0.39 is 5.97 Å². The van der Waals surface area contributed by atoms with Crippen LogP contribution >= 0.6 is 0 Å². The number of aryl methyl sites for hydroxylation is 1. The number of carbonyl (C=O) groups is 1. The molecule has 4 rings (SSSR count). The molecule has 1 heterocycles. The number of aromatic nitrogens is 1. The number of carboxylic acids is 1. The fourth-order valence-corrected chi connectivity index (χ4v) is 3.87. The van der Waals surface area contributed by atoms with E-state index in [1.807, 2.05) is 12.1 Å². The number of hydrogen-bond donors (Lipinski definition) is 4. The van der Waals surface area contributed by atoms with Gasteiger partial charge < -0.3 is 20.8 Å². The first-order chi connectivity index (χ1) is 14.1. The summed E-state index contributed by atoms with van der Waals surface area (Å²) < 4.78 is 0. The van der Waals surface area contributed by atoms with Crippen molar-refractivity contribution in [3.63, 3.8) is 0 Å². The molecule has 0 fully saturated rings. The molecule has 0 saturated carbocycles. The van der Waals surface area contributed by atoms with E-state index in [0.29, 0.717) is 18.2 Å². The van der Waals surface area contributed by atoms with Crippen LogP contribution in [0.25, 0.3) is 0 Å². The average molecular weight is 389 g/mol. The van der Waals surface area contributed by atoms with Crippen molar-refractivity contribution in [3.8, 4) is 5.75 Å². The highest BCUT2D eigenvalue weighted by molar-refractivity contribution is 5.93. The molecule has 148 valence electrons. The number of phenolic OH excluding ortho intramolecular Hbond substituents is 1. The number of hydrogen-bond acceptors (Lipinski definition) is 5. The van der Waals surface area contributed by atoms with Crippen molar-refractivity contribution in [2.45, 2.75) is 25.2 Å². The maximum atomic E-state index is 11.4. The highest BCUT2D eigenvalue weighted by Crippen LogP contribution is 2.34. The van der Waals surface area contributed by atoms with E-state index >= 15 is 0 Å². The van der Waals surface area contributed by atoms with Gasteiger partial charge in [0.25, 0.3) is 0 Å². The normalized spacial score (nSPS) is 15.4. The molecule has 1 aromatic heterocycles. The smallest absolute Gasteiger partial charge is 0.337 e. The average Bonchev–Trinajstić information content (AvgIpc) is 2.74. The first-order valence-electron chi connectivity index (χ1n) is 9.70. The lowest BCUT2D eigenvalue weighted by molar-refractivity contribution is 0.0697. The quantitative estimate of drug-likeness (QED) is 0.454. The summed E-state index contributed by atoms with van der Waals surface area (Å²) in [5.74, 6) is -0.386. The number of nitrogens with zero attached hydrogens (tertiary/aromatic N) is 1. The van der Waals surface area contributed by atoms with Gasteiger partial charge in [-0.25, -0.2) is 4.79 Å². The highest BCUT2D eigenvalue weighted by Gasteiger charge is 2.21. The van der Waals surface area contributed by atoms with Crippen molar-refractivity contribution in [2.75, 3.05) is 17.2 Å². The molecule has 0 unspecified atom stereocenters. The third kappa shape index (κ3) is 4.32. The fourth-order valence-electron chi connectivity index (χ4n) is 3.87. The van der Waals surface area contributed by atoms with Crippen molar-refractivity contribution < 1.29 is 15.0 Å². The molecular formula is C23H23N3O3. The van der Waals surface area contributed by atoms with Crippen LogP contribution in [0.5, 0.6) is 5.75 Å². The lowest BCUT2D eigenvalue weighted by Crippen LogP contribution is -2.19. The summed E-state index contributed by atoms with van der Waals surface area (Å²) in [6, 6.07) is 14.9. The van der Waals surface area contributed by atoms with E-state index in [1.165, 1.54) is 23.4 Å². The number of rotatable bonds is 6. The third-order valence-electron chi connectivity index (χ3n) is 5.33. The van der Waals surface area contributed by atoms with Crippen molar-refractivity contribution in [2.24, 2.45) is 0 Å². The zero-order valence-electron chi connectivity index (χ0n) is 15.9. The van der Waals surface area contributed by atoms with Gasteiger partial charge in [-0.3, -0.25) is 4.98 Å². The zero-order valence-corrected chi connectivity index (χ0v) is 15.9. The molecule has 1 aliphatic carbocycles. The predicted octanol–water partition coefficient (Wildman–Crippen LogP) is 4.76. The van der Waals surface area contributed by atoms with E-state index in [-0.39, 0.29) is 11.3 Å². The van der Waals surface area contributed by atoms with E-state index in [9.17, 15) is 15.0 Å². The number of aromatic carboxylic acids is 1. The summed E-state index contributed by atoms with van der Waals surface area (Å²) in [7, 11) is 0. The van der Waals surface area contributed by atoms with Crippen LogP contribution in [0.1, 0.15) is 40.2 Å². The maximum Gasteiger partial charge on any atom is 0.337 e. The second kappa shape index (κ2) is 8.22. The molecule has 29 heavy (non-hydrogen) atoms. The summed E-state index contributed by atoms with van der Waals surface area (Å²) in [5, 5.41) is 25.4. The Bertz CT molecular complexity index is 1020. The Balaban J connectivity index is 1.48. The molecule has 4 N–H and O–H groups in total. The molecule has 3 aromatic rings. The van der Waals surface area contributed by atoms with Crippen LogP contribution in [-0.4, -0.2) is 27.7 Å². The van der Waals surface area contributed by atoms with E-state index in [1.54, 1.807) is 18.3 Å². The van der Waals surface area contributed by atoms with Gasteiger partial charge in [-0.15, -0.1) is 0 Å². The summed E-state index contributed by atoms with van der Waals surface area (Å²) in [6.45, 7) is 0.670. The molecule has 1 aliphatic rings. The lowest BCUT2D eigenvalue weighted by Gasteiger charge is -2.27. The molecule has 1 atom stereocenters. The van der Waals surface area contributed by atoms with Crippen molar-refractivity contribution >= 4 is 23.0 Å². The van der Waals surface area contributed by atoms with Gasteiger partial charge in [0, 0.05) is 30.0 Å². The topological polar surface area (TPSA) is 94.5 Å². The van der Waals surface area contributed by atoms with Gasteiger partial charge in [-0.05, 0) is 72.9 Å². The predicted molar refractivity (Wildman–Crippen MR) is 113 cm³/mol. The van der Waals surface area contributed by atoms with Gasteiger partial charge in [0.15, 0.2) is 0 Å². The highest BCUT2D eigenvalue weighted by atomic mass is 16.4. The van der Waals surface area contributed by atoms with E-state index in [2.05, 4.69) is 33.8 Å². The van der Waals surface area contributed by atoms with Crippen molar-refractivity contribution in [3.05, 3.63) is 77.6 Å². The molecular weight excluding hydrogens is 366 g/mol. The number of pyridine rings is 1. The Morgan fingerprint density at radius 2 is 1.90 bits per heavy atom. The monoisotopic (exact) mass is 389 g/mol. The Morgan fingerprint density at radius 3 is 2.69 bits per heavy atom. The Hall–Kier alpha value is -3.54. The van der Waals surface area contributed by atoms with Gasteiger partial charge >= 0.3 is 5.97 Å². The third-order valence-corrected chi connectivity index (χ3v) is 5.33. The number of benzene rings is 2. The van der Waals surface area contributed by atoms with Gasteiger partial charge in [-0.1, -0.05) is 6.07 Å². The lowest BCUT2D eigenvalue weighted by atomic mass is 9.82. The molecule has 6 heteroatoms. The second-order valence-corrected chi connectivity index (χ2v) is 7.28. The van der Waals surface area contributed by atoms with Crippen LogP contribution in [0.15, 0.2) is 60.9 Å². The number of fused-ring (bicyclic) bond motifs is 1. The zero-order chi connectivity index (χ0) is 20.2. The summed E-state index contributed by atoms with van der Waals surface area (Å²) in [5.41, 5.74) is 5.36. The van der Waals surface area contributed by atoms with Gasteiger partial charge in [0.05, 0.1) is 17.4 Å². The molecule has 0 spiro atoms. The van der Waals surface area contributed by atoms with Gasteiger partial charge in [0.1, 0.15) is 5.75 Å². The van der Waals surface area contributed by atoms with E-state index in [0.717, 1.165) is 30.6 Å². The SMILES string of the molecule is O=C(O)c1ccncc1NC[C@@H]1CCCc2cc(Nc3ccc(O)cc3)ccc21. The van der Waals surface area contributed by atoms with E-state index in [4.69, 9.17) is 0 Å². The molecule has 0 amide bonds. The maximum absolute atomic E-state index is 11.4. The van der Waals surface area contributed by atoms with Crippen LogP contribution in [0.2, 0.25) is 0 Å². The number of aromatic hydroxyl groups is 1. The fraction of sp³-hybridized carbons (Fsp3) is 0.217. The Morgan fingerprint density at radius 1 is 1.10 bits per heavy atom. The van der Waals surface area contributed by atoms with Crippen molar-refractivity contribution in [1.29, 1.82) is 0 Å². The van der Waals surface area contributed by atoms with Crippen LogP contribution in [0, 0.1) is 0 Å². The number of carboxylic acid groups (broad SMARTS) is 1. The first kappa shape index (κ1) is 18.8. The Kier molecular flexibility index (Phi) is 5.33. The van der Waals surface area contributed by atoms with Gasteiger partial charge in [0.2, 0.25) is 0 Å². The first-order valence-corrected chi connectivity index (χ1v) is 9.70. The molecule has 0 bridgehead atoms. The Labute approximate surface area is 169 Å². The summed E-state index contributed by atoms with van der Waals surface area (Å²) in [4.78, 5) is 15.4. The van der Waals surface area contributed by atoms with Crippen LogP contribution in [-0.2, 0) is 6.42 Å². The standard InChI is InChI=1S/C23H23N3O3/c27-19-7-4-17(5-8-19)26-18-6-9-20-15(12-18)2-1-3-16(20)13-25-22-14-24-11-10-21(22)23(28)29/h4-12,14,16,25-27H,1-3,13H2,(H,28,29)/t16-/m0/s1. The largest absolute Gasteiger partial charge is 0.508 e. The number of anilines is 3. The summed E-state index contributed by atoms with van der Waals surface area (Å²) in [6.07, 6.45) is 6.25. The van der Waals surface area contributed by atoms with Crippen LogP contribution < -0.4 is 10.6 Å². The minimum Gasteiger partial charge on any atom is -0.508 e. The van der Waals surface area contributed by atoms with Crippen molar-refractivity contribution in [1.82, 2.24) is 4.98 Å². The molecule has 2 aromatic carbocycles. The van der Waals surface area contributed by atoms with Crippen LogP contribution in [0.4, 0.5) is 17.1 Å². The summed E-state index contributed by atoms with van der Waals surface area (Å²) >= 11 is 0. The number of nitrogens with one attached hydrogen (secondary N) is 2. The molecule has 0 aliphatic heterocycles. The van der Waals surface area contributed by atoms with Gasteiger partial charge in [-0.2, -0.15) is 0 Å². The van der Waals surface area contributed by atoms with Crippen LogP contribution in [0.3, 0.4) is 0 Å². The number of phenols is 1. The molecule has 6 nitrogen and oxygen atoms in total.